The zero-order valence-electron chi connectivity index (χ0n) is 14.1. The Morgan fingerprint density at radius 2 is 2.09 bits per heavy atom. The van der Waals surface area contributed by atoms with Crippen LogP contribution in [0.4, 0.5) is 0 Å². The molecule has 1 aromatic carbocycles. The molecule has 3 heteroatoms. The molecule has 0 spiro atoms. The third kappa shape index (κ3) is 5.21. The first kappa shape index (κ1) is 17.7. The van der Waals surface area contributed by atoms with E-state index in [9.17, 15) is 9.90 Å². The maximum absolute atomic E-state index is 11.1. The summed E-state index contributed by atoms with van der Waals surface area (Å²) in [5, 5.41) is 9.39. The number of rotatable bonds is 7. The van der Waals surface area contributed by atoms with E-state index in [0.717, 1.165) is 24.3 Å². The molecular weight excluding hydrogens is 288 g/mol. The van der Waals surface area contributed by atoms with Crippen molar-refractivity contribution >= 4 is 5.97 Å². The smallest absolute Gasteiger partial charge is 0.330 e. The molecule has 23 heavy (non-hydrogen) atoms. The standard InChI is InChI=1S/C20H28O3/c1-3-20(22)23-12-4-5-18-13-16(14-21)8-11-19(18)17-9-6-15(2)7-10-17/h3,8,11,13,15,17,21H,1,4-7,9-10,12,14H2,2H3. The van der Waals surface area contributed by atoms with E-state index >= 15 is 0 Å². The van der Waals surface area contributed by atoms with Crippen LogP contribution in [-0.2, 0) is 22.6 Å². The van der Waals surface area contributed by atoms with Gasteiger partial charge in [0.15, 0.2) is 0 Å². The fraction of sp³-hybridized carbons (Fsp3) is 0.550. The fourth-order valence-corrected chi connectivity index (χ4v) is 3.44. The first-order valence-electron chi connectivity index (χ1n) is 8.65. The summed E-state index contributed by atoms with van der Waals surface area (Å²) in [5.74, 6) is 1.10. The Morgan fingerprint density at radius 3 is 2.74 bits per heavy atom. The van der Waals surface area contributed by atoms with Gasteiger partial charge in [-0.2, -0.15) is 0 Å². The van der Waals surface area contributed by atoms with Gasteiger partial charge < -0.3 is 9.84 Å². The highest BCUT2D eigenvalue weighted by molar-refractivity contribution is 5.81. The van der Waals surface area contributed by atoms with Crippen molar-refractivity contribution in [2.45, 2.75) is 58.0 Å². The Balaban J connectivity index is 2.02. The molecule has 1 aliphatic rings. The average Bonchev–Trinajstić information content (AvgIpc) is 2.59. The number of aliphatic hydroxyl groups excluding tert-OH is 1. The van der Waals surface area contributed by atoms with Crippen molar-refractivity contribution in [3.05, 3.63) is 47.5 Å². The van der Waals surface area contributed by atoms with Crippen molar-refractivity contribution in [3.63, 3.8) is 0 Å². The van der Waals surface area contributed by atoms with Crippen LogP contribution in [0, 0.1) is 5.92 Å². The molecule has 1 aromatic rings. The lowest BCUT2D eigenvalue weighted by molar-refractivity contribution is -0.137. The molecule has 0 atom stereocenters. The fourth-order valence-electron chi connectivity index (χ4n) is 3.44. The zero-order valence-corrected chi connectivity index (χ0v) is 14.1. The van der Waals surface area contributed by atoms with E-state index in [4.69, 9.17) is 4.74 Å². The van der Waals surface area contributed by atoms with Gasteiger partial charge in [-0.15, -0.1) is 0 Å². The monoisotopic (exact) mass is 316 g/mol. The van der Waals surface area contributed by atoms with E-state index in [1.807, 2.05) is 6.07 Å². The lowest BCUT2D eigenvalue weighted by Gasteiger charge is -2.28. The van der Waals surface area contributed by atoms with E-state index in [2.05, 4.69) is 25.6 Å². The molecule has 0 heterocycles. The SMILES string of the molecule is C=CC(=O)OCCCc1cc(CO)ccc1C1CCC(C)CC1. The zero-order chi connectivity index (χ0) is 16.7. The normalized spacial score (nSPS) is 21.0. The molecule has 1 saturated carbocycles. The summed E-state index contributed by atoms with van der Waals surface area (Å²) in [6, 6.07) is 6.34. The van der Waals surface area contributed by atoms with Crippen LogP contribution in [0.3, 0.4) is 0 Å². The molecule has 1 N–H and O–H groups in total. The molecule has 0 unspecified atom stereocenters. The van der Waals surface area contributed by atoms with Crippen LogP contribution in [0.25, 0.3) is 0 Å². The van der Waals surface area contributed by atoms with Crippen molar-refractivity contribution in [1.29, 1.82) is 0 Å². The number of ether oxygens (including phenoxy) is 1. The van der Waals surface area contributed by atoms with Crippen LogP contribution in [0.1, 0.15) is 61.6 Å². The molecule has 0 bridgehead atoms. The number of benzene rings is 1. The van der Waals surface area contributed by atoms with Gasteiger partial charge in [0.1, 0.15) is 0 Å². The van der Waals surface area contributed by atoms with Gasteiger partial charge in [-0.1, -0.05) is 44.5 Å². The van der Waals surface area contributed by atoms with Crippen LogP contribution < -0.4 is 0 Å². The molecule has 126 valence electrons. The number of carbonyl (C=O) groups is 1. The second kappa shape index (κ2) is 8.88. The van der Waals surface area contributed by atoms with Gasteiger partial charge in [-0.05, 0) is 54.2 Å². The van der Waals surface area contributed by atoms with Crippen LogP contribution in [0.15, 0.2) is 30.9 Å². The lowest BCUT2D eigenvalue weighted by Crippen LogP contribution is -2.13. The van der Waals surface area contributed by atoms with E-state index in [0.29, 0.717) is 12.5 Å². The van der Waals surface area contributed by atoms with Crippen LogP contribution in [0.5, 0.6) is 0 Å². The highest BCUT2D eigenvalue weighted by atomic mass is 16.5. The van der Waals surface area contributed by atoms with Gasteiger partial charge >= 0.3 is 5.97 Å². The molecule has 0 aliphatic heterocycles. The Bertz CT molecular complexity index is 528. The maximum atomic E-state index is 11.1. The Morgan fingerprint density at radius 1 is 1.35 bits per heavy atom. The largest absolute Gasteiger partial charge is 0.463 e. The molecule has 0 aromatic heterocycles. The quantitative estimate of drug-likeness (QED) is 0.467. The summed E-state index contributed by atoms with van der Waals surface area (Å²) in [6.07, 6.45) is 7.95. The molecule has 3 nitrogen and oxygen atoms in total. The first-order valence-corrected chi connectivity index (χ1v) is 8.65. The number of hydrogen-bond donors (Lipinski definition) is 1. The second-order valence-electron chi connectivity index (χ2n) is 6.62. The Kier molecular flexibility index (Phi) is 6.85. The van der Waals surface area contributed by atoms with Gasteiger partial charge in [-0.25, -0.2) is 4.79 Å². The lowest BCUT2D eigenvalue weighted by atomic mass is 9.77. The summed E-state index contributed by atoms with van der Waals surface area (Å²) in [6.45, 7) is 6.21. The summed E-state index contributed by atoms with van der Waals surface area (Å²) >= 11 is 0. The second-order valence-corrected chi connectivity index (χ2v) is 6.62. The predicted molar refractivity (Wildman–Crippen MR) is 92.2 cm³/mol. The Labute approximate surface area is 139 Å². The number of aryl methyl sites for hydroxylation is 1. The van der Waals surface area contributed by atoms with Gasteiger partial charge in [-0.3, -0.25) is 0 Å². The van der Waals surface area contributed by atoms with Gasteiger partial charge in [0.05, 0.1) is 13.2 Å². The number of hydrogen-bond acceptors (Lipinski definition) is 3. The average molecular weight is 316 g/mol. The Hall–Kier alpha value is -1.61. The summed E-state index contributed by atoms with van der Waals surface area (Å²) in [7, 11) is 0. The number of carbonyl (C=O) groups excluding carboxylic acids is 1. The van der Waals surface area contributed by atoms with Crippen molar-refractivity contribution in [2.24, 2.45) is 5.92 Å². The molecule has 1 fully saturated rings. The highest BCUT2D eigenvalue weighted by Gasteiger charge is 2.21. The third-order valence-corrected chi connectivity index (χ3v) is 4.85. The van der Waals surface area contributed by atoms with E-state index in [1.54, 1.807) is 0 Å². The predicted octanol–water partition coefficient (Wildman–Crippen LogP) is 4.13. The summed E-state index contributed by atoms with van der Waals surface area (Å²) in [5.41, 5.74) is 3.67. The summed E-state index contributed by atoms with van der Waals surface area (Å²) in [4.78, 5) is 11.1. The van der Waals surface area contributed by atoms with E-state index < -0.39 is 0 Å². The van der Waals surface area contributed by atoms with Crippen LogP contribution in [0.2, 0.25) is 0 Å². The maximum Gasteiger partial charge on any atom is 0.330 e. The van der Waals surface area contributed by atoms with E-state index in [1.165, 1.54) is 42.9 Å². The minimum Gasteiger partial charge on any atom is -0.463 e. The van der Waals surface area contributed by atoms with Crippen LogP contribution >= 0.6 is 0 Å². The molecular formula is C20H28O3. The number of aliphatic hydroxyl groups is 1. The van der Waals surface area contributed by atoms with E-state index in [-0.39, 0.29) is 12.6 Å². The molecule has 0 saturated heterocycles. The summed E-state index contributed by atoms with van der Waals surface area (Å²) < 4.78 is 5.06. The van der Waals surface area contributed by atoms with Crippen LogP contribution in [-0.4, -0.2) is 17.7 Å². The topological polar surface area (TPSA) is 46.5 Å². The van der Waals surface area contributed by atoms with Crippen molar-refractivity contribution in [3.8, 4) is 0 Å². The minimum atomic E-state index is -0.365. The number of esters is 1. The third-order valence-electron chi connectivity index (χ3n) is 4.85. The molecule has 2 rings (SSSR count). The molecule has 0 amide bonds. The van der Waals surface area contributed by atoms with Gasteiger partial charge in [0.25, 0.3) is 0 Å². The minimum absolute atomic E-state index is 0.0699. The van der Waals surface area contributed by atoms with Gasteiger partial charge in [0, 0.05) is 6.08 Å². The van der Waals surface area contributed by atoms with Crippen molar-refractivity contribution in [1.82, 2.24) is 0 Å². The highest BCUT2D eigenvalue weighted by Crippen LogP contribution is 2.37. The van der Waals surface area contributed by atoms with Crippen molar-refractivity contribution in [2.75, 3.05) is 6.61 Å². The van der Waals surface area contributed by atoms with Crippen molar-refractivity contribution < 1.29 is 14.6 Å². The molecule has 1 aliphatic carbocycles. The molecule has 0 radical (unpaired) electrons. The first-order chi connectivity index (χ1) is 11.1. The van der Waals surface area contributed by atoms with Gasteiger partial charge in [0.2, 0.25) is 0 Å².